The Balaban J connectivity index is 2.18. The largest absolute Gasteiger partial charge is 0.493 e. The molecule has 3 aromatic rings. The summed E-state index contributed by atoms with van der Waals surface area (Å²) < 4.78 is 10.9. The maximum Gasteiger partial charge on any atom is 0.270 e. The predicted molar refractivity (Wildman–Crippen MR) is 109 cm³/mol. The van der Waals surface area contributed by atoms with E-state index in [1.54, 1.807) is 36.4 Å². The van der Waals surface area contributed by atoms with E-state index in [1.165, 1.54) is 19.2 Å². The molecule has 1 heterocycles. The highest BCUT2D eigenvalue weighted by molar-refractivity contribution is 5.81. The van der Waals surface area contributed by atoms with E-state index in [1.807, 2.05) is 6.92 Å². The number of methoxy groups -OCH3 is 1. The molecule has 0 saturated heterocycles. The standard InChI is InChI=1S/C21H18N4O4/c1-3-29-19-8-7-13(10-20(19)28-2)16-11-18(24-21(23)17(16)12-22)14-5-4-6-15(9-14)25(26)27/h4-11H,3H2,1-2H3,(H2,23,24). The van der Waals surface area contributed by atoms with Gasteiger partial charge in [0.1, 0.15) is 17.5 Å². The van der Waals surface area contributed by atoms with E-state index in [0.29, 0.717) is 40.5 Å². The number of hydrogen-bond acceptors (Lipinski definition) is 7. The van der Waals surface area contributed by atoms with Crippen LogP contribution in [0.15, 0.2) is 48.5 Å². The molecule has 0 unspecified atom stereocenters. The summed E-state index contributed by atoms with van der Waals surface area (Å²) in [6.45, 7) is 2.36. The lowest BCUT2D eigenvalue weighted by Gasteiger charge is -2.13. The number of benzene rings is 2. The fraction of sp³-hybridized carbons (Fsp3) is 0.143. The monoisotopic (exact) mass is 390 g/mol. The highest BCUT2D eigenvalue weighted by Crippen LogP contribution is 2.37. The lowest BCUT2D eigenvalue weighted by Crippen LogP contribution is -2.01. The summed E-state index contributed by atoms with van der Waals surface area (Å²) in [5, 5.41) is 20.7. The van der Waals surface area contributed by atoms with Crippen LogP contribution in [-0.4, -0.2) is 23.6 Å². The maximum absolute atomic E-state index is 11.1. The van der Waals surface area contributed by atoms with Gasteiger partial charge >= 0.3 is 0 Å². The van der Waals surface area contributed by atoms with Crippen LogP contribution in [0.5, 0.6) is 11.5 Å². The van der Waals surface area contributed by atoms with E-state index in [2.05, 4.69) is 11.1 Å². The fourth-order valence-electron chi connectivity index (χ4n) is 2.95. The van der Waals surface area contributed by atoms with E-state index in [-0.39, 0.29) is 17.1 Å². The fourth-order valence-corrected chi connectivity index (χ4v) is 2.95. The number of aromatic nitrogens is 1. The highest BCUT2D eigenvalue weighted by atomic mass is 16.6. The number of nitrogens with zero attached hydrogens (tertiary/aromatic N) is 3. The summed E-state index contributed by atoms with van der Waals surface area (Å²) in [5.41, 5.74) is 8.36. The Morgan fingerprint density at radius 1 is 1.17 bits per heavy atom. The van der Waals surface area contributed by atoms with Crippen molar-refractivity contribution in [2.75, 3.05) is 19.5 Å². The molecule has 0 saturated carbocycles. The molecule has 29 heavy (non-hydrogen) atoms. The third kappa shape index (κ3) is 3.94. The molecular formula is C21H18N4O4. The number of ether oxygens (including phenoxy) is 2. The number of nitriles is 1. The predicted octanol–water partition coefficient (Wildman–Crippen LogP) is 4.18. The molecule has 3 rings (SSSR count). The van der Waals surface area contributed by atoms with Gasteiger partial charge in [-0.25, -0.2) is 4.98 Å². The van der Waals surface area contributed by atoms with E-state index in [4.69, 9.17) is 15.2 Å². The normalized spacial score (nSPS) is 10.2. The van der Waals surface area contributed by atoms with Crippen molar-refractivity contribution in [1.29, 1.82) is 5.26 Å². The second-order valence-electron chi connectivity index (χ2n) is 6.03. The van der Waals surface area contributed by atoms with Crippen LogP contribution in [0.4, 0.5) is 11.5 Å². The maximum atomic E-state index is 11.1. The lowest BCUT2D eigenvalue weighted by molar-refractivity contribution is -0.384. The summed E-state index contributed by atoms with van der Waals surface area (Å²) in [6.07, 6.45) is 0. The first kappa shape index (κ1) is 19.6. The summed E-state index contributed by atoms with van der Waals surface area (Å²) in [7, 11) is 1.53. The highest BCUT2D eigenvalue weighted by Gasteiger charge is 2.17. The Bertz CT molecular complexity index is 1120. The lowest BCUT2D eigenvalue weighted by atomic mass is 9.98. The van der Waals surface area contributed by atoms with Gasteiger partial charge in [-0.15, -0.1) is 0 Å². The molecule has 8 nitrogen and oxygen atoms in total. The van der Waals surface area contributed by atoms with Crippen molar-refractivity contribution >= 4 is 11.5 Å². The molecule has 0 fully saturated rings. The van der Waals surface area contributed by atoms with Crippen LogP contribution in [0.2, 0.25) is 0 Å². The number of nitro groups is 1. The van der Waals surface area contributed by atoms with Crippen molar-refractivity contribution < 1.29 is 14.4 Å². The minimum Gasteiger partial charge on any atom is -0.493 e. The van der Waals surface area contributed by atoms with Gasteiger partial charge < -0.3 is 15.2 Å². The Hall–Kier alpha value is -4.12. The number of nitro benzene ring substituents is 1. The van der Waals surface area contributed by atoms with Gasteiger partial charge in [0.15, 0.2) is 11.5 Å². The molecule has 0 spiro atoms. The van der Waals surface area contributed by atoms with Crippen molar-refractivity contribution in [3.63, 3.8) is 0 Å². The Morgan fingerprint density at radius 2 is 1.97 bits per heavy atom. The van der Waals surface area contributed by atoms with Crippen LogP contribution in [0, 0.1) is 21.4 Å². The van der Waals surface area contributed by atoms with Crippen molar-refractivity contribution in [2.24, 2.45) is 0 Å². The van der Waals surface area contributed by atoms with Gasteiger partial charge in [-0.05, 0) is 30.7 Å². The van der Waals surface area contributed by atoms with Gasteiger partial charge in [0, 0.05) is 23.3 Å². The summed E-state index contributed by atoms with van der Waals surface area (Å²) in [5.74, 6) is 1.14. The van der Waals surface area contributed by atoms with Crippen molar-refractivity contribution in [3.8, 4) is 40.0 Å². The molecule has 0 radical (unpaired) electrons. The minimum atomic E-state index is -0.477. The summed E-state index contributed by atoms with van der Waals surface area (Å²) in [4.78, 5) is 14.9. The third-order valence-electron chi connectivity index (χ3n) is 4.29. The first-order chi connectivity index (χ1) is 14.0. The van der Waals surface area contributed by atoms with Crippen LogP contribution in [0.3, 0.4) is 0 Å². The SMILES string of the molecule is CCOc1ccc(-c2cc(-c3cccc([N+](=O)[O-])c3)nc(N)c2C#N)cc1OC. The smallest absolute Gasteiger partial charge is 0.270 e. The van der Waals surface area contributed by atoms with Gasteiger partial charge in [0.05, 0.1) is 24.3 Å². The number of rotatable bonds is 6. The molecule has 2 N–H and O–H groups in total. The molecule has 0 aliphatic rings. The van der Waals surface area contributed by atoms with Gasteiger partial charge in [-0.1, -0.05) is 18.2 Å². The summed E-state index contributed by atoms with van der Waals surface area (Å²) in [6, 6.07) is 15.1. The zero-order valence-corrected chi connectivity index (χ0v) is 15.9. The van der Waals surface area contributed by atoms with E-state index in [0.717, 1.165) is 0 Å². The quantitative estimate of drug-likeness (QED) is 0.494. The van der Waals surface area contributed by atoms with Gasteiger partial charge in [-0.2, -0.15) is 5.26 Å². The van der Waals surface area contributed by atoms with Crippen molar-refractivity contribution in [1.82, 2.24) is 4.98 Å². The van der Waals surface area contributed by atoms with Crippen LogP contribution in [0.25, 0.3) is 22.4 Å². The topological polar surface area (TPSA) is 124 Å². The molecule has 1 aromatic heterocycles. The molecule has 0 amide bonds. The van der Waals surface area contributed by atoms with E-state index >= 15 is 0 Å². The number of non-ortho nitro benzene ring substituents is 1. The van der Waals surface area contributed by atoms with Gasteiger partial charge in [0.25, 0.3) is 5.69 Å². The van der Waals surface area contributed by atoms with Crippen LogP contribution in [0.1, 0.15) is 12.5 Å². The minimum absolute atomic E-state index is 0.0411. The Kier molecular flexibility index (Phi) is 5.60. The molecule has 0 aliphatic carbocycles. The first-order valence-corrected chi connectivity index (χ1v) is 8.75. The molecule has 2 aromatic carbocycles. The summed E-state index contributed by atoms with van der Waals surface area (Å²) >= 11 is 0. The number of hydrogen-bond donors (Lipinski definition) is 1. The second kappa shape index (κ2) is 8.27. The number of anilines is 1. The molecule has 146 valence electrons. The Labute approximate surface area is 167 Å². The molecule has 8 heteroatoms. The van der Waals surface area contributed by atoms with Crippen LogP contribution in [-0.2, 0) is 0 Å². The number of pyridine rings is 1. The number of nitrogen functional groups attached to an aromatic ring is 1. The van der Waals surface area contributed by atoms with Gasteiger partial charge in [0.2, 0.25) is 0 Å². The zero-order valence-electron chi connectivity index (χ0n) is 15.9. The van der Waals surface area contributed by atoms with Crippen molar-refractivity contribution in [3.05, 3.63) is 64.2 Å². The molecule has 0 aliphatic heterocycles. The zero-order chi connectivity index (χ0) is 21.0. The molecule has 0 atom stereocenters. The van der Waals surface area contributed by atoms with E-state index < -0.39 is 4.92 Å². The van der Waals surface area contributed by atoms with Crippen molar-refractivity contribution in [2.45, 2.75) is 6.92 Å². The van der Waals surface area contributed by atoms with E-state index in [9.17, 15) is 15.4 Å². The van der Waals surface area contributed by atoms with Crippen LogP contribution < -0.4 is 15.2 Å². The second-order valence-corrected chi connectivity index (χ2v) is 6.03. The number of nitrogens with two attached hydrogens (primary N) is 1. The third-order valence-corrected chi connectivity index (χ3v) is 4.29. The first-order valence-electron chi connectivity index (χ1n) is 8.75. The van der Waals surface area contributed by atoms with Crippen LogP contribution >= 0.6 is 0 Å². The van der Waals surface area contributed by atoms with Gasteiger partial charge in [-0.3, -0.25) is 10.1 Å². The average molecular weight is 390 g/mol. The Morgan fingerprint density at radius 3 is 2.62 bits per heavy atom. The molecule has 0 bridgehead atoms. The molecular weight excluding hydrogens is 372 g/mol. The average Bonchev–Trinajstić information content (AvgIpc) is 2.73.